The first kappa shape index (κ1) is 22.6. The number of carboxylic acid groups (broad SMARTS) is 2. The maximum atomic E-state index is 13.5. The Bertz CT molecular complexity index is 1170. The average Bonchev–Trinajstić information content (AvgIpc) is 2.69. The average molecular weight is 524 g/mol. The zero-order valence-corrected chi connectivity index (χ0v) is 19.6. The maximum absolute atomic E-state index is 13.5. The Morgan fingerprint density at radius 1 is 1.16 bits per heavy atom. The van der Waals surface area contributed by atoms with Crippen LogP contribution in [0.4, 0.5) is 5.69 Å². The molecule has 1 atom stereocenters. The second-order valence-electron chi connectivity index (χ2n) is 8.41. The molecule has 0 saturated heterocycles. The molecule has 8 nitrogen and oxygen atoms in total. The Hall–Kier alpha value is -2.59. The SMILES string of the molecule is Cc1cccc(S(=O)(=O)N2C[C@H](CC3CC(C(=O)O)(C(=O)O)C3)Oc3ccc(Br)cc32)c1. The van der Waals surface area contributed by atoms with Gasteiger partial charge in [-0.3, -0.25) is 13.9 Å². The van der Waals surface area contributed by atoms with Crippen molar-refractivity contribution in [2.45, 2.75) is 37.2 Å². The van der Waals surface area contributed by atoms with Gasteiger partial charge in [0.1, 0.15) is 11.9 Å². The lowest BCUT2D eigenvalue weighted by Crippen LogP contribution is -2.52. The molecule has 2 N–H and O–H groups in total. The van der Waals surface area contributed by atoms with Gasteiger partial charge in [0, 0.05) is 4.47 Å². The van der Waals surface area contributed by atoms with Gasteiger partial charge in [0.15, 0.2) is 5.41 Å². The largest absolute Gasteiger partial charge is 0.486 e. The van der Waals surface area contributed by atoms with Crippen LogP contribution in [0.2, 0.25) is 0 Å². The maximum Gasteiger partial charge on any atom is 0.321 e. The van der Waals surface area contributed by atoms with Gasteiger partial charge in [0.25, 0.3) is 10.0 Å². The number of carboxylic acids is 2. The van der Waals surface area contributed by atoms with Crippen LogP contribution in [0.15, 0.2) is 51.8 Å². The number of aliphatic carboxylic acids is 2. The van der Waals surface area contributed by atoms with Crippen molar-refractivity contribution in [2.75, 3.05) is 10.8 Å². The molecule has 0 spiro atoms. The van der Waals surface area contributed by atoms with Gasteiger partial charge in [0.2, 0.25) is 0 Å². The van der Waals surface area contributed by atoms with E-state index in [1.165, 1.54) is 4.31 Å². The normalized spacial score (nSPS) is 20.1. The van der Waals surface area contributed by atoms with Crippen molar-refractivity contribution >= 4 is 43.6 Å². The summed E-state index contributed by atoms with van der Waals surface area (Å²) in [5.74, 6) is -2.47. The second kappa shape index (κ2) is 8.08. The smallest absolute Gasteiger partial charge is 0.321 e. The van der Waals surface area contributed by atoms with Gasteiger partial charge in [-0.15, -0.1) is 0 Å². The topological polar surface area (TPSA) is 121 Å². The van der Waals surface area contributed by atoms with E-state index in [1.54, 1.807) is 36.4 Å². The lowest BCUT2D eigenvalue weighted by molar-refractivity contribution is -0.176. The van der Waals surface area contributed by atoms with Crippen LogP contribution in [-0.2, 0) is 19.6 Å². The van der Waals surface area contributed by atoms with Crippen molar-refractivity contribution in [3.63, 3.8) is 0 Å². The summed E-state index contributed by atoms with van der Waals surface area (Å²) in [6.45, 7) is 1.86. The Labute approximate surface area is 194 Å². The molecule has 0 amide bonds. The minimum absolute atomic E-state index is 0.00461. The van der Waals surface area contributed by atoms with Crippen molar-refractivity contribution in [3.05, 3.63) is 52.5 Å². The van der Waals surface area contributed by atoms with E-state index in [9.17, 15) is 28.2 Å². The Morgan fingerprint density at radius 2 is 1.84 bits per heavy atom. The fourth-order valence-corrected chi connectivity index (χ4v) is 6.40. The van der Waals surface area contributed by atoms with Gasteiger partial charge in [0.05, 0.1) is 17.1 Å². The molecule has 0 radical (unpaired) electrons. The number of anilines is 1. The Balaban J connectivity index is 1.62. The number of carbonyl (C=O) groups is 2. The molecule has 0 bridgehead atoms. The number of hydrogen-bond acceptors (Lipinski definition) is 5. The summed E-state index contributed by atoms with van der Waals surface area (Å²) in [5.41, 5.74) is -0.537. The number of hydrogen-bond donors (Lipinski definition) is 2. The van der Waals surface area contributed by atoms with Crippen LogP contribution in [0.25, 0.3) is 0 Å². The zero-order chi connectivity index (χ0) is 23.3. The van der Waals surface area contributed by atoms with Crippen molar-refractivity contribution in [1.29, 1.82) is 0 Å². The van der Waals surface area contributed by atoms with Gasteiger partial charge in [-0.05, 0) is 68.0 Å². The summed E-state index contributed by atoms with van der Waals surface area (Å²) in [5, 5.41) is 18.7. The van der Waals surface area contributed by atoms with E-state index in [4.69, 9.17) is 4.74 Å². The summed E-state index contributed by atoms with van der Waals surface area (Å²) in [6.07, 6.45) is -0.184. The highest BCUT2D eigenvalue weighted by Crippen LogP contribution is 2.49. The summed E-state index contributed by atoms with van der Waals surface area (Å²) in [6, 6.07) is 11.8. The molecule has 10 heteroatoms. The molecule has 170 valence electrons. The number of rotatable bonds is 6. The standard InChI is InChI=1S/C22H22BrNO7S/c1-13-3-2-4-17(7-13)32(29,30)24-12-16(31-19-6-5-15(23)9-18(19)24)8-14-10-22(11-14,20(25)26)21(27)28/h2-7,9,14,16H,8,10-12H2,1H3,(H,25,26)(H,27,28)/t16-/m0/s1. The first-order valence-electron chi connectivity index (χ1n) is 10.1. The lowest BCUT2D eigenvalue weighted by Gasteiger charge is -2.44. The number of aryl methyl sites for hydroxylation is 1. The lowest BCUT2D eigenvalue weighted by atomic mass is 9.60. The number of sulfonamides is 1. The monoisotopic (exact) mass is 523 g/mol. The van der Waals surface area contributed by atoms with Crippen molar-refractivity contribution < 1.29 is 33.0 Å². The quantitative estimate of drug-likeness (QED) is 0.553. The number of nitrogens with zero attached hydrogens (tertiary/aromatic N) is 1. The molecular weight excluding hydrogens is 502 g/mol. The fraction of sp³-hybridized carbons (Fsp3) is 0.364. The molecule has 1 saturated carbocycles. The molecule has 2 aliphatic rings. The van der Waals surface area contributed by atoms with Crippen LogP contribution in [0.5, 0.6) is 5.75 Å². The molecule has 1 heterocycles. The van der Waals surface area contributed by atoms with E-state index in [1.807, 2.05) is 13.0 Å². The van der Waals surface area contributed by atoms with E-state index in [0.29, 0.717) is 22.3 Å². The molecule has 0 aromatic heterocycles. The van der Waals surface area contributed by atoms with Crippen LogP contribution in [-0.4, -0.2) is 43.2 Å². The van der Waals surface area contributed by atoms with E-state index in [2.05, 4.69) is 15.9 Å². The number of ether oxygens (including phenoxy) is 1. The van der Waals surface area contributed by atoms with Crippen LogP contribution in [0.3, 0.4) is 0 Å². The summed E-state index contributed by atoms with van der Waals surface area (Å²) in [7, 11) is -3.88. The fourth-order valence-electron chi connectivity index (χ4n) is 4.44. The highest BCUT2D eigenvalue weighted by Gasteiger charge is 2.57. The van der Waals surface area contributed by atoms with Gasteiger partial charge in [-0.25, -0.2) is 8.42 Å². The zero-order valence-electron chi connectivity index (χ0n) is 17.2. The van der Waals surface area contributed by atoms with Crippen LogP contribution >= 0.6 is 15.9 Å². The third-order valence-corrected chi connectivity index (χ3v) is 8.39. The molecule has 0 unspecified atom stereocenters. The number of fused-ring (bicyclic) bond motifs is 1. The van der Waals surface area contributed by atoms with Crippen molar-refractivity contribution in [1.82, 2.24) is 0 Å². The van der Waals surface area contributed by atoms with E-state index < -0.39 is 33.5 Å². The molecule has 1 aliphatic heterocycles. The highest BCUT2D eigenvalue weighted by molar-refractivity contribution is 9.10. The molecule has 2 aromatic rings. The molecule has 1 aliphatic carbocycles. The molecule has 4 rings (SSSR count). The Morgan fingerprint density at radius 3 is 2.47 bits per heavy atom. The minimum Gasteiger partial charge on any atom is -0.486 e. The molecule has 1 fully saturated rings. The minimum atomic E-state index is -3.88. The van der Waals surface area contributed by atoms with Gasteiger partial charge in [-0.1, -0.05) is 28.1 Å². The molecular formula is C22H22BrNO7S. The first-order chi connectivity index (χ1) is 15.0. The van der Waals surface area contributed by atoms with Gasteiger partial charge < -0.3 is 14.9 Å². The third kappa shape index (κ3) is 3.86. The molecule has 32 heavy (non-hydrogen) atoms. The first-order valence-corrected chi connectivity index (χ1v) is 12.3. The predicted molar refractivity (Wildman–Crippen MR) is 119 cm³/mol. The molecule has 2 aromatic carbocycles. The van der Waals surface area contributed by atoms with Crippen molar-refractivity contribution in [3.8, 4) is 5.75 Å². The van der Waals surface area contributed by atoms with Gasteiger partial charge in [-0.2, -0.15) is 0 Å². The third-order valence-electron chi connectivity index (χ3n) is 6.12. The summed E-state index contributed by atoms with van der Waals surface area (Å²) >= 11 is 3.38. The Kier molecular flexibility index (Phi) is 5.70. The van der Waals surface area contributed by atoms with E-state index in [-0.39, 0.29) is 30.2 Å². The van der Waals surface area contributed by atoms with E-state index >= 15 is 0 Å². The second-order valence-corrected chi connectivity index (χ2v) is 11.2. The predicted octanol–water partition coefficient (Wildman–Crippen LogP) is 3.67. The van der Waals surface area contributed by atoms with Crippen LogP contribution in [0, 0.1) is 18.3 Å². The summed E-state index contributed by atoms with van der Waals surface area (Å²) < 4.78 is 35.1. The summed E-state index contributed by atoms with van der Waals surface area (Å²) in [4.78, 5) is 23.1. The van der Waals surface area contributed by atoms with Gasteiger partial charge >= 0.3 is 11.9 Å². The number of benzene rings is 2. The van der Waals surface area contributed by atoms with E-state index in [0.717, 1.165) is 5.56 Å². The van der Waals surface area contributed by atoms with Crippen LogP contribution in [0.1, 0.15) is 24.8 Å². The van der Waals surface area contributed by atoms with Crippen molar-refractivity contribution in [2.24, 2.45) is 11.3 Å². The highest BCUT2D eigenvalue weighted by atomic mass is 79.9. The van der Waals surface area contributed by atoms with Crippen LogP contribution < -0.4 is 9.04 Å². The number of halogens is 1.